The van der Waals surface area contributed by atoms with E-state index in [0.717, 1.165) is 24.8 Å². The monoisotopic (exact) mass is 313 g/mol. The first-order chi connectivity index (χ1) is 11.1. The van der Waals surface area contributed by atoms with E-state index in [2.05, 4.69) is 11.9 Å². The Balaban J connectivity index is 1.63. The number of ether oxygens (including phenoxy) is 1. The zero-order chi connectivity index (χ0) is 16.2. The standard InChI is InChI=1S/C19H23NO3/c1-13-7-6-10-16(11-13)23-18(21)12-17-14(2)22-19(20-17)15-8-4-3-5-9-15/h3-5,8-9,13,16H,6-7,10-12H2,1-2H3. The smallest absolute Gasteiger partial charge is 0.312 e. The minimum absolute atomic E-state index is 0.0621. The summed E-state index contributed by atoms with van der Waals surface area (Å²) in [6.45, 7) is 4.05. The molecule has 0 radical (unpaired) electrons. The molecule has 0 saturated heterocycles. The molecule has 122 valence electrons. The molecule has 1 fully saturated rings. The van der Waals surface area contributed by atoms with Gasteiger partial charge >= 0.3 is 5.97 Å². The van der Waals surface area contributed by atoms with Gasteiger partial charge in [0.05, 0.1) is 12.1 Å². The summed E-state index contributed by atoms with van der Waals surface area (Å²) < 4.78 is 11.3. The predicted molar refractivity (Wildman–Crippen MR) is 87.9 cm³/mol. The average Bonchev–Trinajstić information content (AvgIpc) is 2.89. The SMILES string of the molecule is Cc1oc(-c2ccccc2)nc1CC(=O)OC1CCCC(C)C1. The van der Waals surface area contributed by atoms with Crippen molar-refractivity contribution in [3.8, 4) is 11.5 Å². The van der Waals surface area contributed by atoms with Crippen LogP contribution in [0.25, 0.3) is 11.5 Å². The van der Waals surface area contributed by atoms with Crippen LogP contribution in [0.5, 0.6) is 0 Å². The maximum atomic E-state index is 12.2. The number of hydrogen-bond donors (Lipinski definition) is 0. The Morgan fingerprint density at radius 3 is 2.83 bits per heavy atom. The molecule has 3 rings (SSSR count). The predicted octanol–water partition coefficient (Wildman–Crippen LogP) is 4.31. The van der Waals surface area contributed by atoms with Crippen molar-refractivity contribution in [1.82, 2.24) is 4.98 Å². The topological polar surface area (TPSA) is 52.3 Å². The van der Waals surface area contributed by atoms with E-state index in [1.807, 2.05) is 37.3 Å². The Hall–Kier alpha value is -2.10. The highest BCUT2D eigenvalue weighted by Gasteiger charge is 2.23. The lowest BCUT2D eigenvalue weighted by Crippen LogP contribution is -2.25. The summed E-state index contributed by atoms with van der Waals surface area (Å²) in [6, 6.07) is 9.70. The number of aryl methyl sites for hydroxylation is 1. The van der Waals surface area contributed by atoms with E-state index in [1.54, 1.807) is 0 Å². The maximum Gasteiger partial charge on any atom is 0.312 e. The first kappa shape index (κ1) is 15.8. The van der Waals surface area contributed by atoms with Gasteiger partial charge in [-0.2, -0.15) is 0 Å². The van der Waals surface area contributed by atoms with Crippen molar-refractivity contribution >= 4 is 5.97 Å². The molecule has 1 aromatic heterocycles. The summed E-state index contributed by atoms with van der Waals surface area (Å²) in [5.74, 6) is 1.66. The average molecular weight is 313 g/mol. The van der Waals surface area contributed by atoms with Gasteiger partial charge in [-0.1, -0.05) is 31.5 Å². The fourth-order valence-electron chi connectivity index (χ4n) is 3.15. The number of rotatable bonds is 4. The van der Waals surface area contributed by atoms with Crippen molar-refractivity contribution in [3.05, 3.63) is 41.8 Å². The van der Waals surface area contributed by atoms with Gasteiger partial charge in [-0.25, -0.2) is 4.98 Å². The minimum Gasteiger partial charge on any atom is -0.462 e. The van der Waals surface area contributed by atoms with E-state index >= 15 is 0 Å². The van der Waals surface area contributed by atoms with Crippen LogP contribution in [0, 0.1) is 12.8 Å². The van der Waals surface area contributed by atoms with Crippen LogP contribution in [-0.4, -0.2) is 17.1 Å². The van der Waals surface area contributed by atoms with Crippen molar-refractivity contribution in [3.63, 3.8) is 0 Å². The van der Waals surface area contributed by atoms with Crippen LogP contribution in [0.4, 0.5) is 0 Å². The number of carbonyl (C=O) groups is 1. The summed E-state index contributed by atoms with van der Waals surface area (Å²) in [5.41, 5.74) is 1.58. The Labute approximate surface area is 136 Å². The first-order valence-corrected chi connectivity index (χ1v) is 8.33. The van der Waals surface area contributed by atoms with Gasteiger partial charge in [-0.05, 0) is 44.2 Å². The summed E-state index contributed by atoms with van der Waals surface area (Å²) in [5, 5.41) is 0. The van der Waals surface area contributed by atoms with E-state index < -0.39 is 0 Å². The van der Waals surface area contributed by atoms with Gasteiger partial charge in [0.25, 0.3) is 0 Å². The number of aromatic nitrogens is 1. The third-order valence-corrected chi connectivity index (χ3v) is 4.41. The highest BCUT2D eigenvalue weighted by molar-refractivity contribution is 5.72. The fraction of sp³-hybridized carbons (Fsp3) is 0.474. The summed E-state index contributed by atoms with van der Waals surface area (Å²) in [7, 11) is 0. The van der Waals surface area contributed by atoms with Crippen molar-refractivity contribution in [2.24, 2.45) is 5.92 Å². The van der Waals surface area contributed by atoms with Crippen molar-refractivity contribution in [2.75, 3.05) is 0 Å². The second kappa shape index (κ2) is 6.99. The van der Waals surface area contributed by atoms with E-state index in [-0.39, 0.29) is 18.5 Å². The molecular weight excluding hydrogens is 290 g/mol. The molecule has 2 unspecified atom stereocenters. The summed E-state index contributed by atoms with van der Waals surface area (Å²) in [6.07, 6.45) is 4.55. The first-order valence-electron chi connectivity index (χ1n) is 8.33. The van der Waals surface area contributed by atoms with Gasteiger partial charge in [0.2, 0.25) is 5.89 Å². The molecule has 1 aliphatic carbocycles. The van der Waals surface area contributed by atoms with E-state index in [9.17, 15) is 4.79 Å². The number of oxazole rings is 1. The lowest BCUT2D eigenvalue weighted by Gasteiger charge is -2.26. The van der Waals surface area contributed by atoms with Crippen LogP contribution >= 0.6 is 0 Å². The van der Waals surface area contributed by atoms with Gasteiger partial charge < -0.3 is 9.15 Å². The van der Waals surface area contributed by atoms with Crippen LogP contribution in [0.2, 0.25) is 0 Å². The second-order valence-corrected chi connectivity index (χ2v) is 6.45. The minimum atomic E-state index is -0.208. The maximum absolute atomic E-state index is 12.2. The molecule has 1 aliphatic rings. The van der Waals surface area contributed by atoms with Gasteiger partial charge in [0.1, 0.15) is 11.9 Å². The molecular formula is C19H23NO3. The molecule has 4 nitrogen and oxygen atoms in total. The molecule has 4 heteroatoms. The molecule has 0 aliphatic heterocycles. The molecule has 1 saturated carbocycles. The molecule has 0 amide bonds. The number of benzene rings is 1. The zero-order valence-corrected chi connectivity index (χ0v) is 13.7. The van der Waals surface area contributed by atoms with E-state index in [4.69, 9.17) is 9.15 Å². The molecule has 2 atom stereocenters. The van der Waals surface area contributed by atoms with Crippen molar-refractivity contribution in [2.45, 2.75) is 52.1 Å². The van der Waals surface area contributed by atoms with Gasteiger partial charge in [0, 0.05) is 5.56 Å². The van der Waals surface area contributed by atoms with Crippen LogP contribution < -0.4 is 0 Å². The third-order valence-electron chi connectivity index (χ3n) is 4.41. The van der Waals surface area contributed by atoms with E-state index in [0.29, 0.717) is 23.3 Å². The number of esters is 1. The normalized spacial score (nSPS) is 21.1. The Morgan fingerprint density at radius 1 is 1.30 bits per heavy atom. The number of hydrogen-bond acceptors (Lipinski definition) is 4. The van der Waals surface area contributed by atoms with Crippen LogP contribution in [0.15, 0.2) is 34.7 Å². The third kappa shape index (κ3) is 4.01. The quantitative estimate of drug-likeness (QED) is 0.789. The van der Waals surface area contributed by atoms with Crippen molar-refractivity contribution in [1.29, 1.82) is 0 Å². The molecule has 1 aromatic carbocycles. The summed E-state index contributed by atoms with van der Waals surface area (Å²) in [4.78, 5) is 16.6. The molecule has 0 N–H and O–H groups in total. The Kier molecular flexibility index (Phi) is 4.79. The Bertz CT molecular complexity index is 663. The largest absolute Gasteiger partial charge is 0.462 e. The number of nitrogens with zero attached hydrogens (tertiary/aromatic N) is 1. The highest BCUT2D eigenvalue weighted by Crippen LogP contribution is 2.26. The lowest BCUT2D eigenvalue weighted by molar-refractivity contribution is -0.150. The van der Waals surface area contributed by atoms with Gasteiger partial charge in [-0.3, -0.25) is 4.79 Å². The summed E-state index contributed by atoms with van der Waals surface area (Å²) >= 11 is 0. The number of carbonyl (C=O) groups excluding carboxylic acids is 1. The fourth-order valence-corrected chi connectivity index (χ4v) is 3.15. The molecule has 1 heterocycles. The van der Waals surface area contributed by atoms with E-state index in [1.165, 1.54) is 6.42 Å². The molecule has 0 bridgehead atoms. The van der Waals surface area contributed by atoms with Gasteiger partial charge in [-0.15, -0.1) is 0 Å². The van der Waals surface area contributed by atoms with Crippen LogP contribution in [0.1, 0.15) is 44.1 Å². The molecule has 0 spiro atoms. The van der Waals surface area contributed by atoms with Crippen LogP contribution in [-0.2, 0) is 16.0 Å². The Morgan fingerprint density at radius 2 is 2.09 bits per heavy atom. The van der Waals surface area contributed by atoms with Crippen molar-refractivity contribution < 1.29 is 13.9 Å². The van der Waals surface area contributed by atoms with Crippen LogP contribution in [0.3, 0.4) is 0 Å². The van der Waals surface area contributed by atoms with Gasteiger partial charge in [0.15, 0.2) is 0 Å². The second-order valence-electron chi connectivity index (χ2n) is 6.45. The zero-order valence-electron chi connectivity index (χ0n) is 13.7. The lowest BCUT2D eigenvalue weighted by atomic mass is 9.89. The highest BCUT2D eigenvalue weighted by atomic mass is 16.5. The molecule has 23 heavy (non-hydrogen) atoms. The molecule has 2 aromatic rings.